The smallest absolute Gasteiger partial charge is 0.0323 e. The molecule has 0 aromatic heterocycles. The van der Waals surface area contributed by atoms with Crippen molar-refractivity contribution in [3.8, 4) is 0 Å². The van der Waals surface area contributed by atoms with Crippen LogP contribution in [0.5, 0.6) is 0 Å². The van der Waals surface area contributed by atoms with E-state index < -0.39 is 0 Å². The molecule has 15 heavy (non-hydrogen) atoms. The van der Waals surface area contributed by atoms with E-state index in [0.717, 1.165) is 0 Å². The molecule has 3 rings (SSSR count). The van der Waals surface area contributed by atoms with Crippen molar-refractivity contribution in [2.24, 2.45) is 0 Å². The highest BCUT2D eigenvalue weighted by Gasteiger charge is 2.50. The van der Waals surface area contributed by atoms with Crippen LogP contribution in [0.2, 0.25) is 0 Å². The molecule has 0 radical (unpaired) electrons. The highest BCUT2D eigenvalue weighted by atomic mass is 15.2. The summed E-state index contributed by atoms with van der Waals surface area (Å²) in [5.74, 6) is 0. The van der Waals surface area contributed by atoms with Gasteiger partial charge in [0.1, 0.15) is 0 Å². The zero-order valence-corrected chi connectivity index (χ0v) is 9.66. The minimum Gasteiger partial charge on any atom is -0.296 e. The SMILES string of the molecule is CCN1CC2(CC2)c2ccccc2C1C. The Kier molecular flexibility index (Phi) is 1.93. The van der Waals surface area contributed by atoms with E-state index in [2.05, 4.69) is 43.0 Å². The van der Waals surface area contributed by atoms with Gasteiger partial charge in [0.2, 0.25) is 0 Å². The Bertz CT molecular complexity index is 379. The van der Waals surface area contributed by atoms with Gasteiger partial charge >= 0.3 is 0 Å². The van der Waals surface area contributed by atoms with Crippen molar-refractivity contribution in [1.29, 1.82) is 0 Å². The lowest BCUT2D eigenvalue weighted by molar-refractivity contribution is 0.181. The molecule has 0 N–H and O–H groups in total. The zero-order chi connectivity index (χ0) is 10.5. The van der Waals surface area contributed by atoms with Crippen LogP contribution < -0.4 is 0 Å². The fourth-order valence-electron chi connectivity index (χ4n) is 3.12. The number of hydrogen-bond acceptors (Lipinski definition) is 1. The van der Waals surface area contributed by atoms with Gasteiger partial charge in [0, 0.05) is 18.0 Å². The normalized spacial score (nSPS) is 27.7. The van der Waals surface area contributed by atoms with E-state index in [1.165, 1.54) is 25.9 Å². The van der Waals surface area contributed by atoms with Crippen LogP contribution in [0.15, 0.2) is 24.3 Å². The second-order valence-electron chi connectivity index (χ2n) is 5.11. The molecule has 1 fully saturated rings. The summed E-state index contributed by atoms with van der Waals surface area (Å²) in [6.45, 7) is 7.08. The monoisotopic (exact) mass is 201 g/mol. The number of rotatable bonds is 1. The van der Waals surface area contributed by atoms with Crippen molar-refractivity contribution in [2.45, 2.75) is 38.1 Å². The quantitative estimate of drug-likeness (QED) is 0.675. The van der Waals surface area contributed by atoms with E-state index in [-0.39, 0.29) is 0 Å². The standard InChI is InChI=1S/C14H19N/c1-3-15-10-14(8-9-14)13-7-5-4-6-12(13)11(15)2/h4-7,11H,3,8-10H2,1-2H3. The van der Waals surface area contributed by atoms with Crippen LogP contribution in [0.3, 0.4) is 0 Å². The van der Waals surface area contributed by atoms with Crippen LogP contribution in [0.25, 0.3) is 0 Å². The number of fused-ring (bicyclic) bond motifs is 2. The molecule has 1 heteroatoms. The molecule has 1 aliphatic heterocycles. The fraction of sp³-hybridized carbons (Fsp3) is 0.571. The van der Waals surface area contributed by atoms with Crippen LogP contribution in [0.4, 0.5) is 0 Å². The van der Waals surface area contributed by atoms with Crippen LogP contribution >= 0.6 is 0 Å². The highest BCUT2D eigenvalue weighted by molar-refractivity contribution is 5.43. The van der Waals surface area contributed by atoms with Crippen molar-refractivity contribution < 1.29 is 0 Å². The third-order valence-electron chi connectivity index (χ3n) is 4.30. The molecule has 0 amide bonds. The molecule has 1 spiro atoms. The van der Waals surface area contributed by atoms with E-state index in [4.69, 9.17) is 0 Å². The minimum atomic E-state index is 0.541. The maximum atomic E-state index is 2.62. The molecule has 80 valence electrons. The first kappa shape index (κ1) is 9.41. The Hall–Kier alpha value is -0.820. The van der Waals surface area contributed by atoms with Gasteiger partial charge in [0.15, 0.2) is 0 Å². The average Bonchev–Trinajstić information content (AvgIpc) is 3.05. The summed E-state index contributed by atoms with van der Waals surface area (Å²) in [5.41, 5.74) is 3.75. The van der Waals surface area contributed by atoms with E-state index >= 15 is 0 Å². The van der Waals surface area contributed by atoms with Gasteiger partial charge in [-0.05, 0) is 37.4 Å². The van der Waals surface area contributed by atoms with Crippen molar-refractivity contribution in [3.63, 3.8) is 0 Å². The molecule has 1 atom stereocenters. The summed E-state index contributed by atoms with van der Waals surface area (Å²) < 4.78 is 0. The lowest BCUT2D eigenvalue weighted by Crippen LogP contribution is -2.40. The van der Waals surface area contributed by atoms with Crippen LogP contribution in [-0.2, 0) is 5.41 Å². The number of nitrogens with zero attached hydrogens (tertiary/aromatic N) is 1. The van der Waals surface area contributed by atoms with E-state index in [1.54, 1.807) is 11.1 Å². The first-order valence-electron chi connectivity index (χ1n) is 6.10. The summed E-state index contributed by atoms with van der Waals surface area (Å²) in [6.07, 6.45) is 2.79. The summed E-state index contributed by atoms with van der Waals surface area (Å²) in [7, 11) is 0. The highest BCUT2D eigenvalue weighted by Crippen LogP contribution is 2.54. The molecule has 2 aliphatic rings. The van der Waals surface area contributed by atoms with Gasteiger partial charge in [-0.25, -0.2) is 0 Å². The Morgan fingerprint density at radius 1 is 1.33 bits per heavy atom. The van der Waals surface area contributed by atoms with Gasteiger partial charge in [-0.2, -0.15) is 0 Å². The molecule has 1 unspecified atom stereocenters. The van der Waals surface area contributed by atoms with Crippen LogP contribution in [0.1, 0.15) is 43.9 Å². The molecular formula is C14H19N. The summed E-state index contributed by atoms with van der Waals surface area (Å²) >= 11 is 0. The average molecular weight is 201 g/mol. The predicted octanol–water partition coefficient (Wildman–Crippen LogP) is 3.11. The first-order chi connectivity index (χ1) is 7.27. The summed E-state index contributed by atoms with van der Waals surface area (Å²) in [4.78, 5) is 2.62. The van der Waals surface area contributed by atoms with E-state index in [1.807, 2.05) is 0 Å². The molecule has 1 aromatic rings. The fourth-order valence-corrected chi connectivity index (χ4v) is 3.12. The first-order valence-corrected chi connectivity index (χ1v) is 6.10. The topological polar surface area (TPSA) is 3.24 Å². The third kappa shape index (κ3) is 1.26. The molecule has 0 saturated heterocycles. The zero-order valence-electron chi connectivity index (χ0n) is 9.66. The van der Waals surface area contributed by atoms with Gasteiger partial charge in [-0.3, -0.25) is 4.90 Å². The number of likely N-dealkylation sites (N-methyl/N-ethyl adjacent to an activating group) is 1. The lowest BCUT2D eigenvalue weighted by Gasteiger charge is -2.39. The Labute approximate surface area is 92.1 Å². The maximum Gasteiger partial charge on any atom is 0.0323 e. The Balaban J connectivity index is 2.10. The van der Waals surface area contributed by atoms with E-state index in [9.17, 15) is 0 Å². The third-order valence-corrected chi connectivity index (χ3v) is 4.30. The van der Waals surface area contributed by atoms with Crippen LogP contribution in [-0.4, -0.2) is 18.0 Å². The minimum absolute atomic E-state index is 0.541. The van der Waals surface area contributed by atoms with Gasteiger partial charge in [0.05, 0.1) is 0 Å². The molecule has 1 aromatic carbocycles. The summed E-state index contributed by atoms with van der Waals surface area (Å²) in [5, 5.41) is 0. The lowest BCUT2D eigenvalue weighted by atomic mass is 9.83. The summed E-state index contributed by atoms with van der Waals surface area (Å²) in [6, 6.07) is 9.67. The molecule has 1 aliphatic carbocycles. The van der Waals surface area contributed by atoms with Crippen molar-refractivity contribution in [2.75, 3.05) is 13.1 Å². The van der Waals surface area contributed by atoms with Gasteiger partial charge < -0.3 is 0 Å². The molecule has 1 heterocycles. The van der Waals surface area contributed by atoms with Crippen molar-refractivity contribution >= 4 is 0 Å². The Morgan fingerprint density at radius 3 is 2.73 bits per heavy atom. The molecular weight excluding hydrogens is 182 g/mol. The van der Waals surface area contributed by atoms with Crippen LogP contribution in [0, 0.1) is 0 Å². The maximum absolute atomic E-state index is 2.62. The molecule has 1 saturated carbocycles. The molecule has 1 nitrogen and oxygen atoms in total. The second kappa shape index (κ2) is 3.08. The number of benzene rings is 1. The van der Waals surface area contributed by atoms with E-state index in [0.29, 0.717) is 11.5 Å². The molecule has 0 bridgehead atoms. The predicted molar refractivity (Wildman–Crippen MR) is 63.0 cm³/mol. The Morgan fingerprint density at radius 2 is 2.07 bits per heavy atom. The second-order valence-corrected chi connectivity index (χ2v) is 5.11. The van der Waals surface area contributed by atoms with Gasteiger partial charge in [-0.1, -0.05) is 31.2 Å². The largest absolute Gasteiger partial charge is 0.296 e. The van der Waals surface area contributed by atoms with Crippen molar-refractivity contribution in [3.05, 3.63) is 35.4 Å². The number of hydrogen-bond donors (Lipinski definition) is 0. The van der Waals surface area contributed by atoms with Gasteiger partial charge in [-0.15, -0.1) is 0 Å². The van der Waals surface area contributed by atoms with Gasteiger partial charge in [0.25, 0.3) is 0 Å². The van der Waals surface area contributed by atoms with Crippen molar-refractivity contribution in [1.82, 2.24) is 4.90 Å².